The molecule has 1 aromatic rings. The zero-order valence-corrected chi connectivity index (χ0v) is 10.8. The van der Waals surface area contributed by atoms with Crippen LogP contribution in [0.3, 0.4) is 0 Å². The molecule has 4 heteroatoms. The van der Waals surface area contributed by atoms with E-state index in [0.717, 1.165) is 24.6 Å². The summed E-state index contributed by atoms with van der Waals surface area (Å²) < 4.78 is 11.3. The fourth-order valence-electron chi connectivity index (χ4n) is 2.50. The van der Waals surface area contributed by atoms with E-state index in [1.165, 1.54) is 16.9 Å². The Morgan fingerprint density at radius 1 is 1.24 bits per heavy atom. The van der Waals surface area contributed by atoms with Crippen LogP contribution in [0.1, 0.15) is 17.9 Å². The molecule has 1 saturated heterocycles. The summed E-state index contributed by atoms with van der Waals surface area (Å²) in [4.78, 5) is 1.32. The molecule has 2 heterocycles. The van der Waals surface area contributed by atoms with Crippen LogP contribution in [-0.4, -0.2) is 32.6 Å². The van der Waals surface area contributed by atoms with Gasteiger partial charge in [-0.25, -0.2) is 0 Å². The Hall–Kier alpha value is -0.870. The molecule has 1 fully saturated rings. The van der Waals surface area contributed by atoms with Gasteiger partial charge in [0.25, 0.3) is 0 Å². The number of ether oxygens (including phenoxy) is 2. The molecule has 3 rings (SSSR count). The summed E-state index contributed by atoms with van der Waals surface area (Å²) in [5, 5.41) is 3.42. The standard InChI is InChI=1S/C13H17NO2S/c1-17-13-7-12-11(15-4-5-16-12)6-10(13)9-2-3-14-8-9/h6-7,9,14H,2-5,8H2,1H3. The van der Waals surface area contributed by atoms with Gasteiger partial charge in [-0.2, -0.15) is 0 Å². The summed E-state index contributed by atoms with van der Waals surface area (Å²) in [6.45, 7) is 3.51. The van der Waals surface area contributed by atoms with Gasteiger partial charge in [-0.1, -0.05) is 0 Å². The molecule has 1 unspecified atom stereocenters. The van der Waals surface area contributed by atoms with E-state index in [2.05, 4.69) is 23.7 Å². The summed E-state index contributed by atoms with van der Waals surface area (Å²) in [6, 6.07) is 4.31. The van der Waals surface area contributed by atoms with Crippen molar-refractivity contribution in [3.63, 3.8) is 0 Å². The molecule has 92 valence electrons. The fourth-order valence-corrected chi connectivity index (χ4v) is 3.19. The van der Waals surface area contributed by atoms with Gasteiger partial charge in [0.15, 0.2) is 11.5 Å². The van der Waals surface area contributed by atoms with Crippen molar-refractivity contribution < 1.29 is 9.47 Å². The summed E-state index contributed by atoms with van der Waals surface area (Å²) in [7, 11) is 0. The summed E-state index contributed by atoms with van der Waals surface area (Å²) >= 11 is 1.79. The zero-order chi connectivity index (χ0) is 11.7. The van der Waals surface area contributed by atoms with E-state index in [9.17, 15) is 0 Å². The lowest BCUT2D eigenvalue weighted by Crippen LogP contribution is -2.16. The van der Waals surface area contributed by atoms with Gasteiger partial charge in [0.1, 0.15) is 13.2 Å². The van der Waals surface area contributed by atoms with Crippen LogP contribution in [0.4, 0.5) is 0 Å². The van der Waals surface area contributed by atoms with Crippen molar-refractivity contribution in [2.75, 3.05) is 32.6 Å². The molecule has 0 amide bonds. The van der Waals surface area contributed by atoms with Crippen LogP contribution in [0.15, 0.2) is 17.0 Å². The van der Waals surface area contributed by atoms with Gasteiger partial charge in [0.05, 0.1) is 0 Å². The Bertz CT molecular complexity index is 416. The third-order valence-corrected chi connectivity index (χ3v) is 4.19. The maximum atomic E-state index is 5.67. The van der Waals surface area contributed by atoms with Crippen molar-refractivity contribution in [2.24, 2.45) is 0 Å². The fraction of sp³-hybridized carbons (Fsp3) is 0.538. The molecule has 1 atom stereocenters. The first-order valence-electron chi connectivity index (χ1n) is 6.06. The average molecular weight is 251 g/mol. The molecule has 0 saturated carbocycles. The van der Waals surface area contributed by atoms with Crippen LogP contribution < -0.4 is 14.8 Å². The summed E-state index contributed by atoms with van der Waals surface area (Å²) in [5.74, 6) is 2.43. The first-order chi connectivity index (χ1) is 8.38. The molecular weight excluding hydrogens is 234 g/mol. The predicted molar refractivity (Wildman–Crippen MR) is 69.4 cm³/mol. The lowest BCUT2D eigenvalue weighted by molar-refractivity contribution is 0.170. The monoisotopic (exact) mass is 251 g/mol. The summed E-state index contributed by atoms with van der Waals surface area (Å²) in [5.41, 5.74) is 1.41. The average Bonchev–Trinajstić information content (AvgIpc) is 2.91. The second-order valence-electron chi connectivity index (χ2n) is 4.43. The minimum Gasteiger partial charge on any atom is -0.486 e. The number of nitrogens with one attached hydrogen (secondary N) is 1. The Labute approximate surface area is 106 Å². The van der Waals surface area contributed by atoms with Crippen LogP contribution in [0.2, 0.25) is 0 Å². The normalized spacial score (nSPS) is 22.8. The highest BCUT2D eigenvalue weighted by Gasteiger charge is 2.23. The number of hydrogen-bond donors (Lipinski definition) is 1. The topological polar surface area (TPSA) is 30.5 Å². The van der Waals surface area contributed by atoms with E-state index >= 15 is 0 Å². The van der Waals surface area contributed by atoms with Gasteiger partial charge in [-0.15, -0.1) is 11.8 Å². The Morgan fingerprint density at radius 2 is 2.00 bits per heavy atom. The molecule has 3 nitrogen and oxygen atoms in total. The van der Waals surface area contributed by atoms with E-state index in [0.29, 0.717) is 19.1 Å². The first kappa shape index (κ1) is 11.2. The van der Waals surface area contributed by atoms with Crippen molar-refractivity contribution in [3.8, 4) is 11.5 Å². The summed E-state index contributed by atoms with van der Waals surface area (Å²) in [6.07, 6.45) is 3.34. The lowest BCUT2D eigenvalue weighted by Gasteiger charge is -2.22. The highest BCUT2D eigenvalue weighted by Crippen LogP contribution is 2.40. The molecule has 1 aromatic carbocycles. The van der Waals surface area contributed by atoms with Crippen LogP contribution in [0, 0.1) is 0 Å². The van der Waals surface area contributed by atoms with Gasteiger partial charge >= 0.3 is 0 Å². The highest BCUT2D eigenvalue weighted by molar-refractivity contribution is 7.98. The van der Waals surface area contributed by atoms with Crippen molar-refractivity contribution in [3.05, 3.63) is 17.7 Å². The van der Waals surface area contributed by atoms with E-state index in [-0.39, 0.29) is 0 Å². The van der Waals surface area contributed by atoms with Gasteiger partial charge in [0.2, 0.25) is 0 Å². The second kappa shape index (κ2) is 4.78. The molecular formula is C13H17NO2S. The smallest absolute Gasteiger partial charge is 0.162 e. The van der Waals surface area contributed by atoms with Gasteiger partial charge in [-0.3, -0.25) is 0 Å². The van der Waals surface area contributed by atoms with Crippen molar-refractivity contribution in [1.29, 1.82) is 0 Å². The molecule has 2 aliphatic rings. The third kappa shape index (κ3) is 2.11. The third-order valence-electron chi connectivity index (χ3n) is 3.39. The first-order valence-corrected chi connectivity index (χ1v) is 7.29. The Kier molecular flexibility index (Phi) is 3.16. The maximum Gasteiger partial charge on any atom is 0.162 e. The molecule has 1 N–H and O–H groups in total. The maximum absolute atomic E-state index is 5.67. The predicted octanol–water partition coefficient (Wildman–Crippen LogP) is 2.26. The number of fused-ring (bicyclic) bond motifs is 1. The second-order valence-corrected chi connectivity index (χ2v) is 5.28. The lowest BCUT2D eigenvalue weighted by atomic mass is 9.98. The minimum atomic E-state index is 0.619. The molecule has 17 heavy (non-hydrogen) atoms. The Balaban J connectivity index is 2.00. The van der Waals surface area contributed by atoms with E-state index in [1.54, 1.807) is 11.8 Å². The van der Waals surface area contributed by atoms with E-state index in [1.807, 2.05) is 0 Å². The van der Waals surface area contributed by atoms with Crippen LogP contribution in [-0.2, 0) is 0 Å². The van der Waals surface area contributed by atoms with Crippen LogP contribution >= 0.6 is 11.8 Å². The largest absolute Gasteiger partial charge is 0.486 e. The quantitative estimate of drug-likeness (QED) is 0.817. The number of benzene rings is 1. The molecule has 0 bridgehead atoms. The van der Waals surface area contributed by atoms with Crippen molar-refractivity contribution >= 4 is 11.8 Å². The van der Waals surface area contributed by atoms with Gasteiger partial charge in [-0.05, 0) is 42.8 Å². The van der Waals surface area contributed by atoms with Crippen LogP contribution in [0.5, 0.6) is 11.5 Å². The van der Waals surface area contributed by atoms with Crippen LogP contribution in [0.25, 0.3) is 0 Å². The SMILES string of the molecule is CSc1cc2c(cc1C1CCNC1)OCCO2. The zero-order valence-electron chi connectivity index (χ0n) is 9.99. The number of rotatable bonds is 2. The van der Waals surface area contributed by atoms with Gasteiger partial charge in [0, 0.05) is 11.4 Å². The number of thioether (sulfide) groups is 1. The van der Waals surface area contributed by atoms with Gasteiger partial charge < -0.3 is 14.8 Å². The molecule has 0 aromatic heterocycles. The molecule has 0 spiro atoms. The molecule has 0 radical (unpaired) electrons. The minimum absolute atomic E-state index is 0.619. The number of hydrogen-bond acceptors (Lipinski definition) is 4. The van der Waals surface area contributed by atoms with E-state index in [4.69, 9.17) is 9.47 Å². The van der Waals surface area contributed by atoms with Crippen molar-refractivity contribution in [1.82, 2.24) is 5.32 Å². The Morgan fingerprint density at radius 3 is 2.65 bits per heavy atom. The highest BCUT2D eigenvalue weighted by atomic mass is 32.2. The molecule has 0 aliphatic carbocycles. The van der Waals surface area contributed by atoms with Crippen molar-refractivity contribution in [2.45, 2.75) is 17.2 Å². The molecule has 2 aliphatic heterocycles. The van der Waals surface area contributed by atoms with E-state index < -0.39 is 0 Å².